The number of fused-ring (bicyclic) bond motifs is 1. The molecular weight excluding hydrogens is 381 g/mol. The topological polar surface area (TPSA) is 58.2 Å². The molecule has 146 valence electrons. The van der Waals surface area contributed by atoms with Gasteiger partial charge >= 0.3 is 0 Å². The van der Waals surface area contributed by atoms with E-state index >= 15 is 0 Å². The number of benzene rings is 2. The predicted octanol–water partition coefficient (Wildman–Crippen LogP) is 4.70. The summed E-state index contributed by atoms with van der Waals surface area (Å²) >= 11 is 0. The number of amides is 1. The van der Waals surface area contributed by atoms with E-state index in [4.69, 9.17) is 9.41 Å². The highest BCUT2D eigenvalue weighted by atomic mass is 19.1. The van der Waals surface area contributed by atoms with E-state index in [2.05, 4.69) is 4.99 Å². The number of carbonyl (C=O) groups is 1. The van der Waals surface area contributed by atoms with Crippen LogP contribution in [0.15, 0.2) is 99.3 Å². The number of hydrogen-bond acceptors (Lipinski definition) is 4. The molecular formula is C24H16FN3O2. The first-order chi connectivity index (χ1) is 14.7. The second kappa shape index (κ2) is 7.40. The lowest BCUT2D eigenvalue weighted by molar-refractivity contribution is -0.120. The highest BCUT2D eigenvalue weighted by Gasteiger charge is 2.35. The smallest absolute Gasteiger partial charge is 0.282 e. The monoisotopic (exact) mass is 397 g/mol. The molecule has 0 radical (unpaired) electrons. The lowest BCUT2D eigenvalue weighted by atomic mass is 10.1. The van der Waals surface area contributed by atoms with E-state index in [0.29, 0.717) is 29.4 Å². The van der Waals surface area contributed by atoms with Crippen LogP contribution in [0.25, 0.3) is 11.8 Å². The van der Waals surface area contributed by atoms with Gasteiger partial charge in [-0.25, -0.2) is 14.4 Å². The Hall–Kier alpha value is -4.06. The fourth-order valence-corrected chi connectivity index (χ4v) is 3.37. The molecule has 6 heteroatoms. The third kappa shape index (κ3) is 3.39. The van der Waals surface area contributed by atoms with Crippen molar-refractivity contribution in [2.24, 2.45) is 9.98 Å². The second-order valence-corrected chi connectivity index (χ2v) is 6.90. The Kier molecular flexibility index (Phi) is 4.44. The summed E-state index contributed by atoms with van der Waals surface area (Å²) in [6.07, 6.45) is 5.31. The molecule has 5 nitrogen and oxygen atoms in total. The lowest BCUT2D eigenvalue weighted by Crippen LogP contribution is -2.36. The third-order valence-electron chi connectivity index (χ3n) is 4.83. The van der Waals surface area contributed by atoms with E-state index in [1.807, 2.05) is 30.3 Å². The third-order valence-corrected chi connectivity index (χ3v) is 4.83. The maximum absolute atomic E-state index is 13.4. The molecule has 30 heavy (non-hydrogen) atoms. The number of nitrogens with zero attached hydrogens (tertiary/aromatic N) is 3. The van der Waals surface area contributed by atoms with Crippen LogP contribution in [0.3, 0.4) is 0 Å². The summed E-state index contributed by atoms with van der Waals surface area (Å²) in [5.74, 6) is 0.452. The van der Waals surface area contributed by atoms with Gasteiger partial charge in [0.2, 0.25) is 0 Å². The van der Waals surface area contributed by atoms with Gasteiger partial charge in [0.1, 0.15) is 17.3 Å². The fraction of sp³-hybridized carbons (Fsp3) is 0.0417. The van der Waals surface area contributed by atoms with Crippen LogP contribution in [0.1, 0.15) is 16.9 Å². The minimum absolute atomic E-state index is 0.263. The number of rotatable bonds is 4. The summed E-state index contributed by atoms with van der Waals surface area (Å²) in [4.78, 5) is 23.8. The first-order valence-corrected chi connectivity index (χ1v) is 9.44. The van der Waals surface area contributed by atoms with E-state index in [0.717, 1.165) is 11.1 Å². The number of aliphatic imine (C=N–C) groups is 2. The van der Waals surface area contributed by atoms with Gasteiger partial charge in [-0.15, -0.1) is 0 Å². The Bertz CT molecular complexity index is 1220. The molecule has 3 heterocycles. The van der Waals surface area contributed by atoms with Gasteiger partial charge in [-0.3, -0.25) is 9.69 Å². The van der Waals surface area contributed by atoms with Crippen molar-refractivity contribution in [1.29, 1.82) is 0 Å². The maximum atomic E-state index is 13.4. The van der Waals surface area contributed by atoms with E-state index in [1.54, 1.807) is 42.8 Å². The van der Waals surface area contributed by atoms with Crippen molar-refractivity contribution < 1.29 is 13.6 Å². The Morgan fingerprint density at radius 1 is 0.967 bits per heavy atom. The fourth-order valence-electron chi connectivity index (χ4n) is 3.37. The van der Waals surface area contributed by atoms with Crippen molar-refractivity contribution >= 4 is 29.2 Å². The highest BCUT2D eigenvalue weighted by molar-refractivity contribution is 6.48. The van der Waals surface area contributed by atoms with Gasteiger partial charge < -0.3 is 4.42 Å². The van der Waals surface area contributed by atoms with Gasteiger partial charge in [0, 0.05) is 24.3 Å². The molecule has 1 amide bonds. The normalized spacial score (nSPS) is 17.0. The van der Waals surface area contributed by atoms with E-state index in [-0.39, 0.29) is 17.4 Å². The van der Waals surface area contributed by atoms with Crippen molar-refractivity contribution in [3.8, 4) is 0 Å². The zero-order valence-electron chi connectivity index (χ0n) is 15.8. The Labute approximate surface area is 172 Å². The molecule has 0 spiro atoms. The van der Waals surface area contributed by atoms with Crippen molar-refractivity contribution in [3.05, 3.63) is 108 Å². The molecule has 0 bridgehead atoms. The zero-order chi connectivity index (χ0) is 20.5. The Morgan fingerprint density at radius 3 is 2.50 bits per heavy atom. The summed E-state index contributed by atoms with van der Waals surface area (Å²) in [5.41, 5.74) is 3.29. The first-order valence-electron chi connectivity index (χ1n) is 9.44. The Morgan fingerprint density at radius 2 is 1.77 bits per heavy atom. The lowest BCUT2D eigenvalue weighted by Gasteiger charge is -2.21. The molecule has 0 fully saturated rings. The zero-order valence-corrected chi connectivity index (χ0v) is 15.8. The van der Waals surface area contributed by atoms with Gasteiger partial charge in [0.25, 0.3) is 5.91 Å². The summed E-state index contributed by atoms with van der Waals surface area (Å²) < 4.78 is 18.7. The van der Waals surface area contributed by atoms with Gasteiger partial charge in [-0.2, -0.15) is 0 Å². The first kappa shape index (κ1) is 18.0. The summed E-state index contributed by atoms with van der Waals surface area (Å²) in [6, 6.07) is 19.4. The molecule has 2 aliphatic heterocycles. The summed E-state index contributed by atoms with van der Waals surface area (Å²) in [5, 5.41) is 0. The number of halogens is 1. The molecule has 5 rings (SSSR count). The van der Waals surface area contributed by atoms with Crippen LogP contribution in [0.5, 0.6) is 0 Å². The van der Waals surface area contributed by atoms with Crippen molar-refractivity contribution in [2.75, 3.05) is 0 Å². The van der Waals surface area contributed by atoms with Crippen LogP contribution in [-0.2, 0) is 11.2 Å². The molecule has 3 aromatic rings. The van der Waals surface area contributed by atoms with E-state index in [9.17, 15) is 9.18 Å². The molecule has 0 saturated carbocycles. The van der Waals surface area contributed by atoms with Crippen LogP contribution < -0.4 is 0 Å². The number of hydrogen-bond donors (Lipinski definition) is 0. The second-order valence-electron chi connectivity index (χ2n) is 6.90. The van der Waals surface area contributed by atoms with Crippen molar-refractivity contribution in [1.82, 2.24) is 4.90 Å². The quantitative estimate of drug-likeness (QED) is 0.600. The number of amidine groups is 1. The summed E-state index contributed by atoms with van der Waals surface area (Å²) in [6.45, 7) is 0. The molecule has 2 aliphatic rings. The van der Waals surface area contributed by atoms with Crippen LogP contribution in [-0.4, -0.2) is 22.4 Å². The molecule has 0 N–H and O–H groups in total. The van der Waals surface area contributed by atoms with Gasteiger partial charge in [0.15, 0.2) is 5.84 Å². The highest BCUT2D eigenvalue weighted by Crippen LogP contribution is 2.28. The van der Waals surface area contributed by atoms with Crippen LogP contribution in [0, 0.1) is 5.82 Å². The SMILES string of the molecule is O=C1C(=Cc2ccco2)N=C2C(Cc3ccccc3)=NC(c3ccc(F)cc3)=CN12. The van der Waals surface area contributed by atoms with Gasteiger partial charge in [-0.1, -0.05) is 30.3 Å². The number of furan rings is 1. The van der Waals surface area contributed by atoms with E-state index < -0.39 is 0 Å². The minimum atomic E-state index is -0.327. The van der Waals surface area contributed by atoms with Gasteiger partial charge in [0.05, 0.1) is 17.7 Å². The maximum Gasteiger partial charge on any atom is 0.282 e. The van der Waals surface area contributed by atoms with Gasteiger partial charge in [-0.05, 0) is 42.0 Å². The summed E-state index contributed by atoms with van der Waals surface area (Å²) in [7, 11) is 0. The number of carbonyl (C=O) groups excluding carboxylic acids is 1. The molecule has 0 aliphatic carbocycles. The average molecular weight is 397 g/mol. The molecule has 0 atom stereocenters. The van der Waals surface area contributed by atoms with Crippen LogP contribution >= 0.6 is 0 Å². The molecule has 0 unspecified atom stereocenters. The molecule has 0 saturated heterocycles. The minimum Gasteiger partial charge on any atom is -0.465 e. The van der Waals surface area contributed by atoms with Crippen molar-refractivity contribution in [3.63, 3.8) is 0 Å². The van der Waals surface area contributed by atoms with Crippen molar-refractivity contribution in [2.45, 2.75) is 6.42 Å². The van der Waals surface area contributed by atoms with Crippen LogP contribution in [0.4, 0.5) is 4.39 Å². The largest absolute Gasteiger partial charge is 0.465 e. The predicted molar refractivity (Wildman–Crippen MR) is 113 cm³/mol. The Balaban J connectivity index is 1.58. The standard InChI is InChI=1S/C24H16FN3O2/c25-18-10-8-17(9-11-18)22-15-28-23(20(26-22)13-16-5-2-1-3-6-16)27-21(24(28)29)14-19-7-4-12-30-19/h1-12,14-15H,13H2. The van der Waals surface area contributed by atoms with Crippen LogP contribution in [0.2, 0.25) is 0 Å². The molecule has 2 aromatic carbocycles. The molecule has 1 aromatic heterocycles. The average Bonchev–Trinajstić information content (AvgIpc) is 3.38. The van der Waals surface area contributed by atoms with E-state index in [1.165, 1.54) is 17.0 Å².